The van der Waals surface area contributed by atoms with Crippen LogP contribution in [0.15, 0.2) is 279 Å². The van der Waals surface area contributed by atoms with Crippen LogP contribution in [0.3, 0.4) is 0 Å². The lowest BCUT2D eigenvalue weighted by atomic mass is 9.60. The number of fused-ring (bicyclic) bond motifs is 8. The Bertz CT molecular complexity index is 3480. The van der Waals surface area contributed by atoms with Gasteiger partial charge in [0.05, 0.1) is 28.2 Å². The van der Waals surface area contributed by atoms with Gasteiger partial charge in [-0.2, -0.15) is 0 Å². The molecule has 0 bridgehead atoms. The Morgan fingerprint density at radius 1 is 0.188 bits per heavy atom. The first-order valence-corrected chi connectivity index (χ1v) is 23.8. The van der Waals surface area contributed by atoms with Crippen LogP contribution in [-0.4, -0.2) is 0 Å². The molecule has 2 heteroatoms. The summed E-state index contributed by atoms with van der Waals surface area (Å²) in [7, 11) is 0. The van der Waals surface area contributed by atoms with E-state index in [1.807, 2.05) is 0 Å². The number of rotatable bonds is 7. The maximum Gasteiger partial charge on any atom is 0.0783 e. The van der Waals surface area contributed by atoms with Gasteiger partial charge in [-0.25, -0.2) is 0 Å². The highest BCUT2D eigenvalue weighted by Crippen LogP contribution is 2.64. The van der Waals surface area contributed by atoms with E-state index in [-0.39, 0.29) is 0 Å². The lowest BCUT2D eigenvalue weighted by molar-refractivity contribution is 0.719. The van der Waals surface area contributed by atoms with E-state index in [0.29, 0.717) is 0 Å². The summed E-state index contributed by atoms with van der Waals surface area (Å²) < 4.78 is 0. The number of para-hydroxylation sites is 3. The summed E-state index contributed by atoms with van der Waals surface area (Å²) in [5.74, 6) is 0. The highest BCUT2D eigenvalue weighted by atomic mass is 15.2. The summed E-state index contributed by atoms with van der Waals surface area (Å²) in [6.45, 7) is 0. The third kappa shape index (κ3) is 6.72. The van der Waals surface area contributed by atoms with Crippen molar-refractivity contribution in [2.75, 3.05) is 9.80 Å². The lowest BCUT2D eigenvalue weighted by Crippen LogP contribution is -2.42. The summed E-state index contributed by atoms with van der Waals surface area (Å²) in [4.78, 5) is 4.96. The average molecular weight is 879 g/mol. The largest absolute Gasteiger partial charge is 0.310 e. The highest BCUT2D eigenvalue weighted by Gasteiger charge is 2.52. The molecule has 2 aliphatic rings. The third-order valence-corrected chi connectivity index (χ3v) is 14.2. The van der Waals surface area contributed by atoms with Gasteiger partial charge in [-0.15, -0.1) is 0 Å². The number of benzene rings is 11. The van der Waals surface area contributed by atoms with E-state index in [1.54, 1.807) is 0 Å². The average Bonchev–Trinajstić information content (AvgIpc) is 3.44. The van der Waals surface area contributed by atoms with Gasteiger partial charge in [0.15, 0.2) is 0 Å². The van der Waals surface area contributed by atoms with E-state index in [2.05, 4.69) is 289 Å². The second kappa shape index (κ2) is 16.7. The number of hydrogen-bond acceptors (Lipinski definition) is 2. The van der Waals surface area contributed by atoms with Crippen LogP contribution in [0, 0.1) is 0 Å². The first-order valence-electron chi connectivity index (χ1n) is 23.8. The summed E-state index contributed by atoms with van der Waals surface area (Å²) in [5, 5.41) is 0. The molecular weight excluding hydrogens is 833 g/mol. The fraction of sp³-hybridized carbons (Fsp3) is 0.0149. The van der Waals surface area contributed by atoms with Gasteiger partial charge in [-0.1, -0.05) is 206 Å². The smallest absolute Gasteiger partial charge is 0.0783 e. The molecule has 2 heterocycles. The Labute approximate surface area is 404 Å². The number of nitrogens with zero attached hydrogens (tertiary/aromatic N) is 2. The molecule has 0 aromatic heterocycles. The van der Waals surface area contributed by atoms with Crippen LogP contribution in [0.2, 0.25) is 0 Å². The summed E-state index contributed by atoms with van der Waals surface area (Å²) in [6, 6.07) is 103. The zero-order valence-corrected chi connectivity index (χ0v) is 38.0. The Morgan fingerprint density at radius 3 is 0.841 bits per heavy atom. The van der Waals surface area contributed by atoms with Crippen LogP contribution >= 0.6 is 0 Å². The van der Waals surface area contributed by atoms with Crippen molar-refractivity contribution in [1.82, 2.24) is 0 Å². The lowest BCUT2D eigenvalue weighted by Gasteiger charge is -2.51. The van der Waals surface area contributed by atoms with Crippen LogP contribution in [0.25, 0.3) is 55.6 Å². The minimum Gasteiger partial charge on any atom is -0.310 e. The van der Waals surface area contributed by atoms with E-state index in [1.165, 1.54) is 72.3 Å². The molecule has 2 nitrogen and oxygen atoms in total. The molecule has 0 N–H and O–H groups in total. The molecule has 0 unspecified atom stereocenters. The molecule has 13 rings (SSSR count). The molecule has 11 aromatic carbocycles. The minimum atomic E-state index is -0.699. The maximum absolute atomic E-state index is 2.51. The normalized spacial score (nSPS) is 13.0. The molecule has 1 spiro atoms. The second-order valence-corrected chi connectivity index (χ2v) is 18.1. The molecule has 0 radical (unpaired) electrons. The van der Waals surface area contributed by atoms with Crippen LogP contribution < -0.4 is 9.80 Å². The van der Waals surface area contributed by atoms with Crippen molar-refractivity contribution < 1.29 is 0 Å². The maximum atomic E-state index is 2.51. The van der Waals surface area contributed by atoms with Gasteiger partial charge in [0, 0.05) is 11.4 Å². The summed E-state index contributed by atoms with van der Waals surface area (Å²) >= 11 is 0. The standard InChI is InChI=1S/C67H46N2/c1-5-19-47(20-6-1)51-33-38-57(39-34-51)68-63-30-16-13-27-59(63)67(60-28-14-17-31-64(60)68)61-29-15-18-32-65(61)69(58-40-35-52(36-41-58)48-21-7-2-8-22-48)66-42-37-53(46-62(66)67)56-44-54(49-23-9-3-10-24-49)43-55(45-56)50-25-11-4-12-26-50/h1-46H. The highest BCUT2D eigenvalue weighted by molar-refractivity contribution is 5.98. The van der Waals surface area contributed by atoms with Gasteiger partial charge in [0.2, 0.25) is 0 Å². The van der Waals surface area contributed by atoms with Crippen molar-refractivity contribution >= 4 is 34.1 Å². The van der Waals surface area contributed by atoms with Crippen molar-refractivity contribution in [2.45, 2.75) is 5.41 Å². The molecule has 0 saturated carbocycles. The van der Waals surface area contributed by atoms with E-state index in [9.17, 15) is 0 Å². The van der Waals surface area contributed by atoms with Gasteiger partial charge < -0.3 is 9.80 Å². The third-order valence-electron chi connectivity index (χ3n) is 14.2. The first-order chi connectivity index (χ1) is 34.2. The Morgan fingerprint density at radius 2 is 0.464 bits per heavy atom. The van der Waals surface area contributed by atoms with Gasteiger partial charge in [-0.05, 0) is 151 Å². The van der Waals surface area contributed by atoms with Crippen molar-refractivity contribution in [1.29, 1.82) is 0 Å². The van der Waals surface area contributed by atoms with E-state index in [0.717, 1.165) is 39.7 Å². The topological polar surface area (TPSA) is 6.48 Å². The zero-order chi connectivity index (χ0) is 45.7. The Kier molecular flexibility index (Phi) is 9.77. The Hall–Kier alpha value is -8.98. The van der Waals surface area contributed by atoms with E-state index < -0.39 is 5.41 Å². The quantitative estimate of drug-likeness (QED) is 0.157. The minimum absolute atomic E-state index is 0.699. The first kappa shape index (κ1) is 40.3. The predicted molar refractivity (Wildman–Crippen MR) is 288 cm³/mol. The summed E-state index contributed by atoms with van der Waals surface area (Å²) in [6.07, 6.45) is 0. The fourth-order valence-corrected chi connectivity index (χ4v) is 11.1. The monoisotopic (exact) mass is 878 g/mol. The molecule has 0 fully saturated rings. The van der Waals surface area contributed by atoms with Crippen molar-refractivity contribution in [3.8, 4) is 55.6 Å². The zero-order valence-electron chi connectivity index (χ0n) is 38.0. The van der Waals surface area contributed by atoms with Gasteiger partial charge >= 0.3 is 0 Å². The molecule has 0 amide bonds. The molecule has 11 aromatic rings. The van der Waals surface area contributed by atoms with Crippen LogP contribution in [-0.2, 0) is 5.41 Å². The van der Waals surface area contributed by atoms with Gasteiger partial charge in [0.1, 0.15) is 0 Å². The predicted octanol–water partition coefficient (Wildman–Crippen LogP) is 18.0. The molecule has 0 atom stereocenters. The molecule has 0 aliphatic carbocycles. The molecular formula is C67H46N2. The van der Waals surface area contributed by atoms with Crippen molar-refractivity contribution in [2.24, 2.45) is 0 Å². The van der Waals surface area contributed by atoms with E-state index >= 15 is 0 Å². The van der Waals surface area contributed by atoms with Gasteiger partial charge in [0.25, 0.3) is 0 Å². The number of anilines is 6. The van der Waals surface area contributed by atoms with Gasteiger partial charge in [-0.3, -0.25) is 0 Å². The van der Waals surface area contributed by atoms with Crippen molar-refractivity contribution in [3.63, 3.8) is 0 Å². The molecule has 69 heavy (non-hydrogen) atoms. The van der Waals surface area contributed by atoms with Crippen LogP contribution in [0.1, 0.15) is 22.3 Å². The molecule has 324 valence electrons. The van der Waals surface area contributed by atoms with Crippen LogP contribution in [0.5, 0.6) is 0 Å². The van der Waals surface area contributed by atoms with Crippen LogP contribution in [0.4, 0.5) is 34.1 Å². The van der Waals surface area contributed by atoms with Crippen molar-refractivity contribution in [3.05, 3.63) is 301 Å². The molecule has 2 aliphatic heterocycles. The fourth-order valence-electron chi connectivity index (χ4n) is 11.1. The number of hydrogen-bond donors (Lipinski definition) is 0. The SMILES string of the molecule is c1ccc(-c2ccc(N3c4ccccc4C4(c5ccccc53)c3ccccc3N(c3ccc(-c5ccccc5)cc3)c3ccc(-c5cc(-c6ccccc6)cc(-c6ccccc6)c5)cc34)cc2)cc1. The summed E-state index contributed by atoms with van der Waals surface area (Å²) in [5.41, 5.74) is 23.0. The molecule has 0 saturated heterocycles. The van der Waals surface area contributed by atoms with E-state index in [4.69, 9.17) is 0 Å². The second-order valence-electron chi connectivity index (χ2n) is 18.1. The Balaban J connectivity index is 1.07.